The third-order valence-electron chi connectivity index (χ3n) is 6.46. The van der Waals surface area contributed by atoms with Crippen LogP contribution in [0.15, 0.2) is 48.5 Å². The predicted molar refractivity (Wildman–Crippen MR) is 131 cm³/mol. The van der Waals surface area contributed by atoms with Crippen LogP contribution in [0.4, 0.5) is 0 Å². The van der Waals surface area contributed by atoms with Crippen LogP contribution < -0.4 is 5.32 Å². The molecule has 0 aromatic heterocycles. The fourth-order valence-corrected chi connectivity index (χ4v) is 4.73. The van der Waals surface area contributed by atoms with E-state index in [0.717, 1.165) is 24.7 Å². The van der Waals surface area contributed by atoms with Crippen LogP contribution in [0.3, 0.4) is 0 Å². The molecular formula is C26H34Cl2N2O. The second-order valence-corrected chi connectivity index (χ2v) is 10.3. The number of nitrogens with zero attached hydrogens (tertiary/aromatic N) is 1. The maximum absolute atomic E-state index is 13.2. The number of benzene rings is 2. The fourth-order valence-electron chi connectivity index (χ4n) is 4.48. The Hall–Kier alpha value is -1.55. The number of halogens is 2. The predicted octanol–water partition coefficient (Wildman–Crippen LogP) is 6.51. The van der Waals surface area contributed by atoms with E-state index in [2.05, 4.69) is 55.3 Å². The fraction of sp³-hybridized carbons (Fsp3) is 0.500. The number of hydrogen-bond donors (Lipinski definition) is 1. The van der Waals surface area contributed by atoms with E-state index in [1.807, 2.05) is 24.3 Å². The molecule has 168 valence electrons. The molecule has 1 heterocycles. The Morgan fingerprint density at radius 3 is 2.00 bits per heavy atom. The normalized spacial score (nSPS) is 17.2. The van der Waals surface area contributed by atoms with E-state index < -0.39 is 5.41 Å². The molecule has 1 aliphatic heterocycles. The third-order valence-corrected chi connectivity index (χ3v) is 6.97. The second kappa shape index (κ2) is 10.8. The molecule has 1 saturated heterocycles. The molecule has 1 amide bonds. The smallest absolute Gasteiger partial charge is 0.226 e. The summed E-state index contributed by atoms with van der Waals surface area (Å²) >= 11 is 12.2. The maximum atomic E-state index is 13.2. The van der Waals surface area contributed by atoms with Crippen LogP contribution in [0.5, 0.6) is 0 Å². The zero-order valence-corrected chi connectivity index (χ0v) is 20.3. The van der Waals surface area contributed by atoms with Gasteiger partial charge in [0.15, 0.2) is 0 Å². The Balaban J connectivity index is 1.72. The topological polar surface area (TPSA) is 32.3 Å². The second-order valence-electron chi connectivity index (χ2n) is 9.43. The standard InChI is InChI=1S/C26H34Cl2N2O/c1-19(20-7-11-22(27)12-8-20)24(21-9-13-23(28)14-10-21)17-29-25(31)26(2,3)18-30-15-5-4-6-16-30/h7-14,19,24H,4-6,15-18H2,1-3H3,(H,29,31). The van der Waals surface area contributed by atoms with E-state index in [0.29, 0.717) is 11.6 Å². The molecule has 0 radical (unpaired) electrons. The molecule has 2 unspecified atom stereocenters. The number of nitrogens with one attached hydrogen (secondary N) is 1. The number of carbonyl (C=O) groups is 1. The summed E-state index contributed by atoms with van der Waals surface area (Å²) in [7, 11) is 0. The summed E-state index contributed by atoms with van der Waals surface area (Å²) in [5, 5.41) is 4.71. The number of carbonyl (C=O) groups excluding carboxylic acids is 1. The molecule has 31 heavy (non-hydrogen) atoms. The van der Waals surface area contributed by atoms with Gasteiger partial charge in [-0.1, -0.05) is 60.8 Å². The van der Waals surface area contributed by atoms with Crippen LogP contribution in [0, 0.1) is 5.41 Å². The van der Waals surface area contributed by atoms with Gasteiger partial charge in [-0.3, -0.25) is 4.79 Å². The molecule has 1 N–H and O–H groups in total. The van der Waals surface area contributed by atoms with Crippen molar-refractivity contribution in [3.8, 4) is 0 Å². The lowest BCUT2D eigenvalue weighted by molar-refractivity contribution is -0.130. The highest BCUT2D eigenvalue weighted by atomic mass is 35.5. The van der Waals surface area contributed by atoms with Gasteiger partial charge in [-0.25, -0.2) is 0 Å². The van der Waals surface area contributed by atoms with Gasteiger partial charge < -0.3 is 10.2 Å². The highest BCUT2D eigenvalue weighted by Crippen LogP contribution is 2.34. The van der Waals surface area contributed by atoms with Gasteiger partial charge in [-0.15, -0.1) is 0 Å². The summed E-state index contributed by atoms with van der Waals surface area (Å²) in [5.41, 5.74) is 1.94. The average Bonchev–Trinajstić information content (AvgIpc) is 2.75. The summed E-state index contributed by atoms with van der Waals surface area (Å²) in [4.78, 5) is 15.6. The summed E-state index contributed by atoms with van der Waals surface area (Å²) in [6.45, 7) is 9.88. The largest absolute Gasteiger partial charge is 0.355 e. The maximum Gasteiger partial charge on any atom is 0.226 e. The van der Waals surface area contributed by atoms with Crippen LogP contribution in [0.2, 0.25) is 10.0 Å². The number of amides is 1. The molecule has 2 aromatic carbocycles. The van der Waals surface area contributed by atoms with E-state index in [4.69, 9.17) is 23.2 Å². The van der Waals surface area contributed by atoms with Crippen molar-refractivity contribution in [2.24, 2.45) is 5.41 Å². The Kier molecular flexibility index (Phi) is 8.43. The van der Waals surface area contributed by atoms with Gasteiger partial charge in [0.1, 0.15) is 0 Å². The average molecular weight is 461 g/mol. The van der Waals surface area contributed by atoms with Gasteiger partial charge in [0.2, 0.25) is 5.91 Å². The van der Waals surface area contributed by atoms with Gasteiger partial charge in [0, 0.05) is 29.1 Å². The van der Waals surface area contributed by atoms with Gasteiger partial charge >= 0.3 is 0 Å². The molecule has 0 aliphatic carbocycles. The van der Waals surface area contributed by atoms with E-state index in [-0.39, 0.29) is 17.7 Å². The minimum absolute atomic E-state index is 0.111. The summed E-state index contributed by atoms with van der Waals surface area (Å²) in [5.74, 6) is 0.456. The Labute approximate surface area is 197 Å². The van der Waals surface area contributed by atoms with Gasteiger partial charge in [0.25, 0.3) is 0 Å². The van der Waals surface area contributed by atoms with Crippen LogP contribution in [0.1, 0.15) is 63.0 Å². The molecule has 1 fully saturated rings. The van der Waals surface area contributed by atoms with Crippen molar-refractivity contribution in [3.63, 3.8) is 0 Å². The first-order valence-corrected chi connectivity index (χ1v) is 12.0. The highest BCUT2D eigenvalue weighted by molar-refractivity contribution is 6.30. The van der Waals surface area contributed by atoms with Gasteiger partial charge in [-0.2, -0.15) is 0 Å². The van der Waals surface area contributed by atoms with Crippen LogP contribution in [0.25, 0.3) is 0 Å². The van der Waals surface area contributed by atoms with Crippen molar-refractivity contribution in [3.05, 3.63) is 69.7 Å². The van der Waals surface area contributed by atoms with Crippen LogP contribution in [-0.2, 0) is 4.79 Å². The molecule has 0 saturated carbocycles. The summed E-state index contributed by atoms with van der Waals surface area (Å²) < 4.78 is 0. The van der Waals surface area contributed by atoms with E-state index in [9.17, 15) is 4.79 Å². The number of hydrogen-bond acceptors (Lipinski definition) is 2. The quantitative estimate of drug-likeness (QED) is 0.486. The number of piperidine rings is 1. The first kappa shape index (κ1) is 24.1. The van der Waals surface area contributed by atoms with Gasteiger partial charge in [-0.05, 0) is 81.1 Å². The molecule has 1 aliphatic rings. The van der Waals surface area contributed by atoms with Crippen LogP contribution >= 0.6 is 23.2 Å². The molecule has 3 nitrogen and oxygen atoms in total. The van der Waals surface area contributed by atoms with Crippen molar-refractivity contribution in [2.45, 2.75) is 51.9 Å². The Bertz CT molecular complexity index is 843. The lowest BCUT2D eigenvalue weighted by atomic mass is 9.82. The van der Waals surface area contributed by atoms with E-state index in [1.165, 1.54) is 30.4 Å². The molecule has 2 aromatic rings. The molecule has 3 rings (SSSR count). The minimum Gasteiger partial charge on any atom is -0.355 e. The number of likely N-dealkylation sites (tertiary alicyclic amines) is 1. The van der Waals surface area contributed by atoms with Crippen molar-refractivity contribution in [1.29, 1.82) is 0 Å². The van der Waals surface area contributed by atoms with Crippen molar-refractivity contribution < 1.29 is 4.79 Å². The van der Waals surface area contributed by atoms with E-state index >= 15 is 0 Å². The molecule has 0 spiro atoms. The third kappa shape index (κ3) is 6.71. The van der Waals surface area contributed by atoms with Crippen molar-refractivity contribution in [1.82, 2.24) is 10.2 Å². The first-order chi connectivity index (χ1) is 14.8. The summed E-state index contributed by atoms with van der Waals surface area (Å²) in [6, 6.07) is 15.9. The number of rotatable bonds is 8. The lowest BCUT2D eigenvalue weighted by Gasteiger charge is -2.34. The lowest BCUT2D eigenvalue weighted by Crippen LogP contribution is -2.47. The summed E-state index contributed by atoms with van der Waals surface area (Å²) in [6.07, 6.45) is 3.76. The molecular weight excluding hydrogens is 427 g/mol. The van der Waals surface area contributed by atoms with Crippen molar-refractivity contribution in [2.75, 3.05) is 26.2 Å². The molecule has 0 bridgehead atoms. The van der Waals surface area contributed by atoms with Gasteiger partial charge in [0.05, 0.1) is 5.41 Å². The molecule has 2 atom stereocenters. The Morgan fingerprint density at radius 1 is 0.935 bits per heavy atom. The minimum atomic E-state index is -0.425. The van der Waals surface area contributed by atoms with Crippen LogP contribution in [-0.4, -0.2) is 37.0 Å². The zero-order chi connectivity index (χ0) is 22.4. The highest BCUT2D eigenvalue weighted by Gasteiger charge is 2.31. The van der Waals surface area contributed by atoms with E-state index in [1.54, 1.807) is 0 Å². The monoisotopic (exact) mass is 460 g/mol. The molecule has 5 heteroatoms. The first-order valence-electron chi connectivity index (χ1n) is 11.3. The Morgan fingerprint density at radius 2 is 1.45 bits per heavy atom. The SMILES string of the molecule is CC(c1ccc(Cl)cc1)C(CNC(=O)C(C)(C)CN1CCCCC1)c1ccc(Cl)cc1. The van der Waals surface area contributed by atoms with Crippen molar-refractivity contribution >= 4 is 29.1 Å². The zero-order valence-electron chi connectivity index (χ0n) is 18.8.